The molecule has 0 saturated heterocycles. The Kier molecular flexibility index (Phi) is 2.40. The summed E-state index contributed by atoms with van der Waals surface area (Å²) in [6, 6.07) is 5.30. The summed E-state index contributed by atoms with van der Waals surface area (Å²) in [7, 11) is 0. The van der Waals surface area contributed by atoms with E-state index in [9.17, 15) is 0 Å². The first kappa shape index (κ1) is 8.54. The Morgan fingerprint density at radius 2 is 2.33 bits per heavy atom. The Balaban J connectivity index is 1.97. The van der Waals surface area contributed by atoms with Crippen molar-refractivity contribution in [1.82, 2.24) is 5.32 Å². The minimum Gasteiger partial charge on any atom is -0.307 e. The topological polar surface area (TPSA) is 12.0 Å². The highest BCUT2D eigenvalue weighted by Crippen LogP contribution is 2.29. The van der Waals surface area contributed by atoms with Gasteiger partial charge in [0.2, 0.25) is 0 Å². The molecule has 12 heavy (non-hydrogen) atoms. The maximum absolute atomic E-state index is 5.85. The van der Waals surface area contributed by atoms with Gasteiger partial charge in [-0.1, -0.05) is 11.6 Å². The molecular weight excluding hydrogens is 190 g/mol. The van der Waals surface area contributed by atoms with Gasteiger partial charge in [-0.3, -0.25) is 0 Å². The largest absolute Gasteiger partial charge is 0.307 e. The fourth-order valence-corrected chi connectivity index (χ4v) is 2.32. The molecule has 0 radical (unpaired) electrons. The molecule has 1 fully saturated rings. The van der Waals surface area contributed by atoms with Crippen molar-refractivity contribution >= 4 is 22.9 Å². The SMILES string of the molecule is CC(NC1CC1)c1ccc(Cl)s1. The highest BCUT2D eigenvalue weighted by molar-refractivity contribution is 7.16. The zero-order valence-electron chi connectivity index (χ0n) is 7.01. The zero-order chi connectivity index (χ0) is 8.55. The quantitative estimate of drug-likeness (QED) is 0.792. The molecule has 0 amide bonds. The lowest BCUT2D eigenvalue weighted by molar-refractivity contribution is 0.579. The average Bonchev–Trinajstić information content (AvgIpc) is 2.72. The van der Waals surface area contributed by atoms with Crippen LogP contribution in [0.15, 0.2) is 12.1 Å². The first-order chi connectivity index (χ1) is 5.75. The first-order valence-electron chi connectivity index (χ1n) is 4.27. The number of nitrogens with one attached hydrogen (secondary N) is 1. The van der Waals surface area contributed by atoms with E-state index in [0.717, 1.165) is 10.4 Å². The number of thiophene rings is 1. The fraction of sp³-hybridized carbons (Fsp3) is 0.556. The van der Waals surface area contributed by atoms with Gasteiger partial charge < -0.3 is 5.32 Å². The van der Waals surface area contributed by atoms with Crippen LogP contribution in [0.1, 0.15) is 30.7 Å². The number of hydrogen-bond donors (Lipinski definition) is 1. The summed E-state index contributed by atoms with van der Waals surface area (Å²) in [6.07, 6.45) is 2.67. The molecule has 1 N–H and O–H groups in total. The van der Waals surface area contributed by atoms with Crippen LogP contribution in [-0.2, 0) is 0 Å². The van der Waals surface area contributed by atoms with Crippen molar-refractivity contribution in [2.45, 2.75) is 31.8 Å². The molecule has 1 aliphatic carbocycles. The van der Waals surface area contributed by atoms with E-state index in [1.807, 2.05) is 6.07 Å². The van der Waals surface area contributed by atoms with Gasteiger partial charge in [0.15, 0.2) is 0 Å². The van der Waals surface area contributed by atoms with Gasteiger partial charge in [-0.15, -0.1) is 11.3 Å². The van der Waals surface area contributed by atoms with Gasteiger partial charge in [0.05, 0.1) is 4.34 Å². The van der Waals surface area contributed by atoms with Crippen LogP contribution in [0, 0.1) is 0 Å². The van der Waals surface area contributed by atoms with Gasteiger partial charge in [0, 0.05) is 17.0 Å². The van der Waals surface area contributed by atoms with E-state index in [2.05, 4.69) is 18.3 Å². The van der Waals surface area contributed by atoms with Gasteiger partial charge >= 0.3 is 0 Å². The lowest BCUT2D eigenvalue weighted by Crippen LogP contribution is -2.19. The van der Waals surface area contributed by atoms with E-state index in [1.165, 1.54) is 17.7 Å². The molecule has 0 aliphatic heterocycles. The minimum atomic E-state index is 0.468. The molecule has 2 rings (SSSR count). The molecule has 0 bridgehead atoms. The summed E-state index contributed by atoms with van der Waals surface area (Å²) >= 11 is 7.52. The molecular formula is C9H12ClNS. The van der Waals surface area contributed by atoms with Crippen molar-refractivity contribution in [3.05, 3.63) is 21.3 Å². The number of halogens is 1. The molecule has 0 aromatic carbocycles. The van der Waals surface area contributed by atoms with Gasteiger partial charge in [0.25, 0.3) is 0 Å². The second-order valence-electron chi connectivity index (χ2n) is 3.30. The van der Waals surface area contributed by atoms with E-state index >= 15 is 0 Å². The molecule has 1 aromatic rings. The third-order valence-electron chi connectivity index (χ3n) is 2.08. The molecule has 1 aliphatic rings. The van der Waals surface area contributed by atoms with Crippen LogP contribution >= 0.6 is 22.9 Å². The van der Waals surface area contributed by atoms with Crippen LogP contribution in [-0.4, -0.2) is 6.04 Å². The van der Waals surface area contributed by atoms with Crippen molar-refractivity contribution < 1.29 is 0 Å². The zero-order valence-corrected chi connectivity index (χ0v) is 8.58. The second kappa shape index (κ2) is 3.36. The molecule has 0 spiro atoms. The molecule has 1 aromatic heterocycles. The number of hydrogen-bond acceptors (Lipinski definition) is 2. The molecule has 66 valence electrons. The summed E-state index contributed by atoms with van der Waals surface area (Å²) in [5.41, 5.74) is 0. The molecule has 1 nitrogen and oxygen atoms in total. The highest BCUT2D eigenvalue weighted by Gasteiger charge is 2.23. The average molecular weight is 202 g/mol. The fourth-order valence-electron chi connectivity index (χ4n) is 1.25. The normalized spacial score (nSPS) is 19.5. The van der Waals surface area contributed by atoms with Crippen molar-refractivity contribution in [3.63, 3.8) is 0 Å². The second-order valence-corrected chi connectivity index (χ2v) is 5.05. The van der Waals surface area contributed by atoms with Crippen LogP contribution in [0.3, 0.4) is 0 Å². The van der Waals surface area contributed by atoms with Crippen LogP contribution in [0.5, 0.6) is 0 Å². The lowest BCUT2D eigenvalue weighted by atomic mass is 10.3. The highest BCUT2D eigenvalue weighted by atomic mass is 35.5. The van der Waals surface area contributed by atoms with Crippen molar-refractivity contribution in [3.8, 4) is 0 Å². The predicted octanol–water partition coefficient (Wildman–Crippen LogP) is 3.21. The molecule has 1 saturated carbocycles. The Morgan fingerprint density at radius 1 is 1.58 bits per heavy atom. The summed E-state index contributed by atoms with van der Waals surface area (Å²) < 4.78 is 0.884. The third-order valence-corrected chi connectivity index (χ3v) is 3.50. The Morgan fingerprint density at radius 3 is 2.83 bits per heavy atom. The van der Waals surface area contributed by atoms with E-state index in [0.29, 0.717) is 6.04 Å². The summed E-state index contributed by atoms with van der Waals surface area (Å²) in [5, 5.41) is 3.54. The van der Waals surface area contributed by atoms with E-state index < -0.39 is 0 Å². The van der Waals surface area contributed by atoms with E-state index in [-0.39, 0.29) is 0 Å². The standard InChI is InChI=1S/C9H12ClNS/c1-6(11-7-2-3-7)8-4-5-9(10)12-8/h4-7,11H,2-3H2,1H3. The third kappa shape index (κ3) is 2.00. The molecule has 1 atom stereocenters. The molecule has 1 unspecified atom stereocenters. The van der Waals surface area contributed by atoms with Crippen molar-refractivity contribution in [1.29, 1.82) is 0 Å². The van der Waals surface area contributed by atoms with Gasteiger partial charge in [0.1, 0.15) is 0 Å². The van der Waals surface area contributed by atoms with Crippen LogP contribution in [0.2, 0.25) is 4.34 Å². The van der Waals surface area contributed by atoms with Gasteiger partial charge in [-0.05, 0) is 31.9 Å². The van der Waals surface area contributed by atoms with Gasteiger partial charge in [-0.25, -0.2) is 0 Å². The lowest BCUT2D eigenvalue weighted by Gasteiger charge is -2.09. The molecule has 3 heteroatoms. The summed E-state index contributed by atoms with van der Waals surface area (Å²) in [6.45, 7) is 2.19. The maximum Gasteiger partial charge on any atom is 0.0931 e. The van der Waals surface area contributed by atoms with E-state index in [4.69, 9.17) is 11.6 Å². The first-order valence-corrected chi connectivity index (χ1v) is 5.46. The predicted molar refractivity (Wildman–Crippen MR) is 53.9 cm³/mol. The van der Waals surface area contributed by atoms with Crippen LogP contribution < -0.4 is 5.32 Å². The monoisotopic (exact) mass is 201 g/mol. The van der Waals surface area contributed by atoms with Crippen molar-refractivity contribution in [2.24, 2.45) is 0 Å². The van der Waals surface area contributed by atoms with Gasteiger partial charge in [-0.2, -0.15) is 0 Å². The van der Waals surface area contributed by atoms with Crippen molar-refractivity contribution in [2.75, 3.05) is 0 Å². The number of rotatable bonds is 3. The molecule has 1 heterocycles. The van der Waals surface area contributed by atoms with E-state index in [1.54, 1.807) is 11.3 Å². The minimum absolute atomic E-state index is 0.468. The Bertz CT molecular complexity index is 267. The van der Waals surface area contributed by atoms with Crippen LogP contribution in [0.25, 0.3) is 0 Å². The Labute approximate surface area is 81.7 Å². The summed E-state index contributed by atoms with van der Waals surface area (Å²) in [5.74, 6) is 0. The summed E-state index contributed by atoms with van der Waals surface area (Å²) in [4.78, 5) is 1.34. The smallest absolute Gasteiger partial charge is 0.0931 e. The maximum atomic E-state index is 5.85. The van der Waals surface area contributed by atoms with Crippen LogP contribution in [0.4, 0.5) is 0 Å². The Hall–Kier alpha value is -0.0500.